The molecule has 2 aromatic carbocycles. The van der Waals surface area contributed by atoms with E-state index >= 15 is 0 Å². The Balaban J connectivity index is 1.57. The maximum Gasteiger partial charge on any atom is 0.137 e. The van der Waals surface area contributed by atoms with Crippen LogP contribution in [-0.4, -0.2) is 31.5 Å². The molecule has 1 aliphatic rings. The maximum absolute atomic E-state index is 10.8. The summed E-state index contributed by atoms with van der Waals surface area (Å²) in [6, 6.07) is 12.9. The van der Waals surface area contributed by atoms with Crippen LogP contribution in [-0.2, 0) is 12.3 Å². The summed E-state index contributed by atoms with van der Waals surface area (Å²) in [6.07, 6.45) is 5.55. The number of aromatic nitrogens is 4. The normalized spacial score (nSPS) is 13.8. The van der Waals surface area contributed by atoms with Crippen LogP contribution >= 0.6 is 27.7 Å². The second kappa shape index (κ2) is 8.00. The van der Waals surface area contributed by atoms with Gasteiger partial charge in [-0.1, -0.05) is 12.1 Å². The molecule has 0 saturated heterocycles. The Morgan fingerprint density at radius 3 is 2.83 bits per heavy atom. The predicted octanol–water partition coefficient (Wildman–Crippen LogP) is 5.39. The minimum absolute atomic E-state index is 0.259. The predicted molar refractivity (Wildman–Crippen MR) is 121 cm³/mol. The molecule has 0 atom stereocenters. The molecule has 0 radical (unpaired) electrons. The van der Waals surface area contributed by atoms with Crippen LogP contribution in [0.1, 0.15) is 30.1 Å². The van der Waals surface area contributed by atoms with Crippen LogP contribution in [0.25, 0.3) is 10.9 Å². The SMILES string of the molecule is COc1ccccc1SCc1cc2c(Cn3cncn3)c(O)c(Br)cc2n1C1CC1. The van der Waals surface area contributed by atoms with Crippen LogP contribution < -0.4 is 4.74 Å². The number of phenols is 1. The lowest BCUT2D eigenvalue weighted by Crippen LogP contribution is -2.02. The molecule has 4 aromatic rings. The number of hydrogen-bond donors (Lipinski definition) is 1. The molecule has 8 heteroatoms. The summed E-state index contributed by atoms with van der Waals surface area (Å²) in [5, 5.41) is 16.1. The third-order valence-corrected chi connectivity index (χ3v) is 7.09. The highest BCUT2D eigenvalue weighted by Crippen LogP contribution is 2.45. The Morgan fingerprint density at radius 1 is 1.27 bits per heavy atom. The van der Waals surface area contributed by atoms with E-state index in [-0.39, 0.29) is 5.75 Å². The topological polar surface area (TPSA) is 65.1 Å². The maximum atomic E-state index is 10.8. The van der Waals surface area contributed by atoms with Gasteiger partial charge in [0, 0.05) is 33.3 Å². The Labute approximate surface area is 187 Å². The van der Waals surface area contributed by atoms with Crippen molar-refractivity contribution in [2.24, 2.45) is 0 Å². The molecule has 1 aliphatic carbocycles. The van der Waals surface area contributed by atoms with E-state index in [1.165, 1.54) is 24.9 Å². The number of aromatic hydroxyl groups is 1. The fourth-order valence-electron chi connectivity index (χ4n) is 3.84. The van der Waals surface area contributed by atoms with Crippen LogP contribution in [0.3, 0.4) is 0 Å². The van der Waals surface area contributed by atoms with Gasteiger partial charge in [0.2, 0.25) is 0 Å². The largest absolute Gasteiger partial charge is 0.506 e. The number of para-hydroxylation sites is 1. The van der Waals surface area contributed by atoms with E-state index in [0.717, 1.165) is 32.9 Å². The first kappa shape index (κ1) is 19.5. The molecular formula is C22H21BrN4O2S. The molecule has 0 aliphatic heterocycles. The van der Waals surface area contributed by atoms with Crippen LogP contribution in [0.5, 0.6) is 11.5 Å². The molecule has 1 N–H and O–H groups in total. The van der Waals surface area contributed by atoms with Crippen molar-refractivity contribution < 1.29 is 9.84 Å². The minimum atomic E-state index is 0.259. The van der Waals surface area contributed by atoms with Gasteiger partial charge in [-0.15, -0.1) is 11.8 Å². The number of ether oxygens (including phenoxy) is 1. The molecule has 0 spiro atoms. The van der Waals surface area contributed by atoms with Gasteiger partial charge in [0.1, 0.15) is 24.2 Å². The zero-order valence-electron chi connectivity index (χ0n) is 16.5. The summed E-state index contributed by atoms with van der Waals surface area (Å²) in [4.78, 5) is 5.15. The highest BCUT2D eigenvalue weighted by molar-refractivity contribution is 9.10. The van der Waals surface area contributed by atoms with Crippen molar-refractivity contribution in [2.45, 2.75) is 36.1 Å². The first-order valence-corrected chi connectivity index (χ1v) is 11.6. The van der Waals surface area contributed by atoms with Gasteiger partial charge < -0.3 is 14.4 Å². The van der Waals surface area contributed by atoms with Gasteiger partial charge in [0.15, 0.2) is 0 Å². The quantitative estimate of drug-likeness (QED) is 0.356. The number of thioether (sulfide) groups is 1. The summed E-state index contributed by atoms with van der Waals surface area (Å²) >= 11 is 5.32. The van der Waals surface area contributed by atoms with E-state index in [2.05, 4.69) is 42.7 Å². The number of nitrogens with zero attached hydrogens (tertiary/aromatic N) is 4. The van der Waals surface area contributed by atoms with E-state index in [4.69, 9.17) is 4.74 Å². The monoisotopic (exact) mass is 484 g/mol. The molecule has 6 nitrogen and oxygen atoms in total. The van der Waals surface area contributed by atoms with Crippen molar-refractivity contribution in [1.29, 1.82) is 0 Å². The summed E-state index contributed by atoms with van der Waals surface area (Å²) in [5.74, 6) is 1.98. The zero-order valence-corrected chi connectivity index (χ0v) is 18.9. The summed E-state index contributed by atoms with van der Waals surface area (Å²) < 4.78 is 10.4. The Hall–Kier alpha value is -2.45. The summed E-state index contributed by atoms with van der Waals surface area (Å²) in [7, 11) is 1.71. The van der Waals surface area contributed by atoms with Crippen LogP contribution in [0.4, 0.5) is 0 Å². The lowest BCUT2D eigenvalue weighted by Gasteiger charge is -2.12. The molecule has 30 heavy (non-hydrogen) atoms. The van der Waals surface area contributed by atoms with Crippen molar-refractivity contribution in [3.05, 3.63) is 64.8 Å². The number of phenolic OH excluding ortho intramolecular Hbond substituents is 1. The minimum Gasteiger partial charge on any atom is -0.506 e. The van der Waals surface area contributed by atoms with Crippen molar-refractivity contribution in [3.8, 4) is 11.5 Å². The molecule has 2 aromatic heterocycles. The number of rotatable bonds is 7. The second-order valence-corrected chi connectivity index (χ2v) is 9.26. The number of benzene rings is 2. The number of halogens is 1. The average Bonchev–Trinajstić information content (AvgIpc) is 3.33. The van der Waals surface area contributed by atoms with Crippen molar-refractivity contribution >= 4 is 38.6 Å². The molecule has 1 saturated carbocycles. The molecule has 0 unspecified atom stereocenters. The van der Waals surface area contributed by atoms with Crippen LogP contribution in [0, 0.1) is 0 Å². The van der Waals surface area contributed by atoms with E-state index in [1.807, 2.05) is 24.3 Å². The van der Waals surface area contributed by atoms with Crippen molar-refractivity contribution in [3.63, 3.8) is 0 Å². The van der Waals surface area contributed by atoms with Crippen molar-refractivity contribution in [2.75, 3.05) is 7.11 Å². The fraction of sp³-hybridized carbons (Fsp3) is 0.273. The van der Waals surface area contributed by atoms with E-state index in [1.54, 1.807) is 29.9 Å². The van der Waals surface area contributed by atoms with Gasteiger partial charge in [-0.25, -0.2) is 9.67 Å². The smallest absolute Gasteiger partial charge is 0.137 e. The van der Waals surface area contributed by atoms with Crippen LogP contribution in [0.2, 0.25) is 0 Å². The lowest BCUT2D eigenvalue weighted by atomic mass is 10.1. The highest BCUT2D eigenvalue weighted by atomic mass is 79.9. The number of hydrogen-bond acceptors (Lipinski definition) is 5. The van der Waals surface area contributed by atoms with E-state index < -0.39 is 0 Å². The van der Waals surface area contributed by atoms with E-state index in [9.17, 15) is 5.11 Å². The Morgan fingerprint density at radius 2 is 2.10 bits per heavy atom. The summed E-state index contributed by atoms with van der Waals surface area (Å²) in [6.45, 7) is 0.468. The molecule has 0 bridgehead atoms. The third kappa shape index (κ3) is 3.58. The fourth-order valence-corrected chi connectivity index (χ4v) is 5.30. The first-order valence-electron chi connectivity index (χ1n) is 9.78. The van der Waals surface area contributed by atoms with Gasteiger partial charge in [-0.05, 0) is 53.0 Å². The van der Waals surface area contributed by atoms with Gasteiger partial charge in [0.05, 0.1) is 23.6 Å². The second-order valence-electron chi connectivity index (χ2n) is 7.39. The van der Waals surface area contributed by atoms with E-state index in [0.29, 0.717) is 17.1 Å². The van der Waals surface area contributed by atoms with Gasteiger partial charge >= 0.3 is 0 Å². The van der Waals surface area contributed by atoms with Gasteiger partial charge in [-0.3, -0.25) is 0 Å². The molecule has 154 valence electrons. The van der Waals surface area contributed by atoms with Crippen LogP contribution in [0.15, 0.2) is 58.4 Å². The molecule has 2 heterocycles. The van der Waals surface area contributed by atoms with Crippen molar-refractivity contribution in [1.82, 2.24) is 19.3 Å². The lowest BCUT2D eigenvalue weighted by molar-refractivity contribution is 0.405. The molecule has 1 fully saturated rings. The molecule has 0 amide bonds. The third-order valence-electron chi connectivity index (χ3n) is 5.40. The Bertz CT molecular complexity index is 1200. The highest BCUT2D eigenvalue weighted by Gasteiger charge is 2.29. The summed E-state index contributed by atoms with van der Waals surface area (Å²) in [5.41, 5.74) is 3.25. The van der Waals surface area contributed by atoms with Gasteiger partial charge in [-0.2, -0.15) is 5.10 Å². The first-order chi connectivity index (χ1) is 14.7. The molecular weight excluding hydrogens is 464 g/mol. The molecule has 5 rings (SSSR count). The van der Waals surface area contributed by atoms with Gasteiger partial charge in [0.25, 0.3) is 0 Å². The number of methoxy groups -OCH3 is 1. The standard InChI is InChI=1S/C22H21BrN4O2S/c1-29-20-4-2-3-5-21(20)30-11-15-8-16-17(10-26-13-24-12-25-26)22(28)18(23)9-19(16)27(15)14-6-7-14/h2-5,8-9,12-14,28H,6-7,10-11H2,1H3. The number of fused-ring (bicyclic) bond motifs is 1. The Kier molecular flexibility index (Phi) is 5.20. The zero-order chi connectivity index (χ0) is 20.7. The average molecular weight is 485 g/mol.